The number of carbonyl (C=O) groups excluding carboxylic acids is 1. The molecule has 0 saturated carbocycles. The van der Waals surface area contributed by atoms with Gasteiger partial charge in [0.05, 0.1) is 19.4 Å². The summed E-state index contributed by atoms with van der Waals surface area (Å²) in [5.41, 5.74) is 2.10. The van der Waals surface area contributed by atoms with Crippen LogP contribution in [-0.4, -0.2) is 29.7 Å². The average Bonchev–Trinajstić information content (AvgIpc) is 2.79. The fourth-order valence-electron chi connectivity index (χ4n) is 3.06. The molecule has 0 radical (unpaired) electrons. The maximum absolute atomic E-state index is 14.3. The summed E-state index contributed by atoms with van der Waals surface area (Å²) in [5, 5.41) is 11.3. The molecular weight excluding hydrogens is 462 g/mol. The molecule has 0 N–H and O–H groups in total. The maximum Gasteiger partial charge on any atom is 1.00 e. The van der Waals surface area contributed by atoms with Crippen molar-refractivity contribution in [1.82, 2.24) is 9.97 Å². The van der Waals surface area contributed by atoms with Gasteiger partial charge in [-0.25, -0.2) is 14.4 Å². The van der Waals surface area contributed by atoms with Crippen molar-refractivity contribution < 1.29 is 58.1 Å². The van der Waals surface area contributed by atoms with Crippen molar-refractivity contribution in [3.63, 3.8) is 0 Å². The van der Waals surface area contributed by atoms with Crippen LogP contribution >= 0.6 is 11.6 Å². The van der Waals surface area contributed by atoms with Crippen molar-refractivity contribution >= 4 is 17.6 Å². The molecule has 7 nitrogen and oxygen atoms in total. The van der Waals surface area contributed by atoms with Crippen LogP contribution in [0.1, 0.15) is 30.6 Å². The van der Waals surface area contributed by atoms with Crippen molar-refractivity contribution in [2.45, 2.75) is 26.1 Å². The number of aromatic nitrogens is 2. The van der Waals surface area contributed by atoms with Crippen molar-refractivity contribution in [3.05, 3.63) is 70.8 Å². The van der Waals surface area contributed by atoms with Gasteiger partial charge in [-0.15, -0.1) is 0 Å². The standard InChI is InChI=1S/C23H22ClFN2O5.Na/c1-3-31-20(10-23(28)29)15-5-7-21(26-11-15)32-13-14-4-6-18(24)16(8-14)17-9-22(30-2)27-12-19(17)25;/h4-9,11-12,20H,3,10,13H2,1-2H3,(H,28,29);/q;+1/p-1/t20-;/m0./s1. The Morgan fingerprint density at radius 1 is 1.12 bits per heavy atom. The molecule has 0 fully saturated rings. The molecular formula is C23H21ClFN2NaO5. The third-order valence-corrected chi connectivity index (χ3v) is 4.93. The number of aliphatic carboxylic acids is 1. The first-order chi connectivity index (χ1) is 15.4. The Hall–Kier alpha value is -2.23. The minimum Gasteiger partial charge on any atom is -0.550 e. The average molecular weight is 483 g/mol. The number of ether oxygens (including phenoxy) is 3. The third-order valence-electron chi connectivity index (χ3n) is 4.60. The van der Waals surface area contributed by atoms with E-state index >= 15 is 0 Å². The Morgan fingerprint density at radius 2 is 1.88 bits per heavy atom. The molecule has 3 aromatic rings. The number of carbonyl (C=O) groups is 1. The number of nitrogens with zero attached hydrogens (tertiary/aromatic N) is 2. The van der Waals surface area contributed by atoms with Gasteiger partial charge in [0.1, 0.15) is 12.4 Å². The molecule has 0 bridgehead atoms. The molecule has 1 aromatic carbocycles. The minimum atomic E-state index is -1.20. The van der Waals surface area contributed by atoms with Crippen LogP contribution in [0.25, 0.3) is 11.1 Å². The van der Waals surface area contributed by atoms with E-state index in [2.05, 4.69) is 9.97 Å². The molecule has 0 amide bonds. The van der Waals surface area contributed by atoms with E-state index < -0.39 is 17.9 Å². The summed E-state index contributed by atoms with van der Waals surface area (Å²) in [4.78, 5) is 19.0. The van der Waals surface area contributed by atoms with Gasteiger partial charge in [-0.2, -0.15) is 0 Å². The number of benzene rings is 1. The second-order valence-electron chi connectivity index (χ2n) is 6.76. The van der Waals surface area contributed by atoms with Gasteiger partial charge in [-0.3, -0.25) is 0 Å². The molecule has 1 atom stereocenters. The van der Waals surface area contributed by atoms with Crippen LogP contribution in [0.3, 0.4) is 0 Å². The largest absolute Gasteiger partial charge is 1.00 e. The van der Waals surface area contributed by atoms with Crippen molar-refractivity contribution in [2.24, 2.45) is 0 Å². The second-order valence-corrected chi connectivity index (χ2v) is 7.17. The van der Waals surface area contributed by atoms with Crippen LogP contribution in [0, 0.1) is 5.82 Å². The van der Waals surface area contributed by atoms with Crippen molar-refractivity contribution in [2.75, 3.05) is 13.7 Å². The van der Waals surface area contributed by atoms with E-state index in [0.717, 1.165) is 11.8 Å². The number of rotatable bonds is 10. The molecule has 0 aliphatic heterocycles. The van der Waals surface area contributed by atoms with Gasteiger partial charge in [-0.05, 0) is 36.2 Å². The summed E-state index contributed by atoms with van der Waals surface area (Å²) in [6, 6.07) is 9.94. The SMILES string of the molecule is CCO[C@@H](CC(=O)[O-])c1ccc(OCc2ccc(Cl)c(-c3cc(OC)ncc3F)c2)nc1.[Na+]. The van der Waals surface area contributed by atoms with Crippen LogP contribution in [0.2, 0.25) is 5.02 Å². The number of hydrogen-bond donors (Lipinski definition) is 0. The molecule has 3 rings (SSSR count). The Labute approximate surface area is 218 Å². The van der Waals surface area contributed by atoms with E-state index in [4.69, 9.17) is 25.8 Å². The van der Waals surface area contributed by atoms with Crippen LogP contribution in [0.15, 0.2) is 48.8 Å². The van der Waals surface area contributed by atoms with Crippen LogP contribution < -0.4 is 44.1 Å². The van der Waals surface area contributed by atoms with E-state index in [1.165, 1.54) is 19.4 Å². The Kier molecular flexibility index (Phi) is 10.5. The van der Waals surface area contributed by atoms with E-state index in [1.807, 2.05) is 0 Å². The fourth-order valence-corrected chi connectivity index (χ4v) is 3.28. The quantitative estimate of drug-likeness (QED) is 0.394. The first-order valence-corrected chi connectivity index (χ1v) is 10.2. The van der Waals surface area contributed by atoms with Gasteiger partial charge in [0, 0.05) is 53.5 Å². The minimum absolute atomic E-state index is 0. The van der Waals surface area contributed by atoms with E-state index in [-0.39, 0.29) is 54.0 Å². The zero-order valence-corrected chi connectivity index (χ0v) is 21.3. The number of carboxylic acids is 1. The van der Waals surface area contributed by atoms with Crippen LogP contribution in [-0.2, 0) is 16.1 Å². The molecule has 10 heteroatoms. The number of methoxy groups -OCH3 is 1. The first-order valence-electron chi connectivity index (χ1n) is 9.79. The van der Waals surface area contributed by atoms with Gasteiger partial charge < -0.3 is 24.1 Å². The molecule has 0 aliphatic carbocycles. The number of halogens is 2. The summed E-state index contributed by atoms with van der Waals surface area (Å²) in [5.74, 6) is -1.12. The normalized spacial score (nSPS) is 11.4. The fraction of sp³-hybridized carbons (Fsp3) is 0.261. The van der Waals surface area contributed by atoms with E-state index in [1.54, 1.807) is 37.3 Å². The van der Waals surface area contributed by atoms with Gasteiger partial charge in [0.2, 0.25) is 11.8 Å². The summed E-state index contributed by atoms with van der Waals surface area (Å²) >= 11 is 6.28. The monoisotopic (exact) mass is 482 g/mol. The van der Waals surface area contributed by atoms with Gasteiger partial charge in [0.25, 0.3) is 0 Å². The zero-order chi connectivity index (χ0) is 23.1. The van der Waals surface area contributed by atoms with Crippen molar-refractivity contribution in [3.8, 4) is 22.9 Å². The molecule has 2 heterocycles. The zero-order valence-electron chi connectivity index (χ0n) is 18.5. The molecule has 33 heavy (non-hydrogen) atoms. The second kappa shape index (κ2) is 12.9. The van der Waals surface area contributed by atoms with Crippen molar-refractivity contribution in [1.29, 1.82) is 0 Å². The Morgan fingerprint density at radius 3 is 2.52 bits per heavy atom. The topological polar surface area (TPSA) is 93.6 Å². The molecule has 0 saturated heterocycles. The number of pyridine rings is 2. The summed E-state index contributed by atoms with van der Waals surface area (Å²) < 4.78 is 30.6. The molecule has 0 aliphatic rings. The Bertz CT molecular complexity index is 1080. The van der Waals surface area contributed by atoms with E-state index in [0.29, 0.717) is 28.6 Å². The van der Waals surface area contributed by atoms with Gasteiger partial charge in [-0.1, -0.05) is 17.7 Å². The Balaban J connectivity index is 0.00000385. The van der Waals surface area contributed by atoms with Gasteiger partial charge in [0.15, 0.2) is 0 Å². The summed E-state index contributed by atoms with van der Waals surface area (Å²) in [6.45, 7) is 2.30. The number of carboxylic acid groups (broad SMARTS) is 1. The predicted octanol–water partition coefficient (Wildman–Crippen LogP) is 0.745. The maximum atomic E-state index is 14.3. The molecule has 2 aromatic heterocycles. The van der Waals surface area contributed by atoms with Gasteiger partial charge >= 0.3 is 29.6 Å². The first kappa shape index (κ1) is 27.0. The molecule has 0 spiro atoms. The summed E-state index contributed by atoms with van der Waals surface area (Å²) in [7, 11) is 1.45. The third kappa shape index (κ3) is 7.38. The summed E-state index contributed by atoms with van der Waals surface area (Å²) in [6.07, 6.45) is 1.68. The van der Waals surface area contributed by atoms with Crippen LogP contribution in [0.5, 0.6) is 11.8 Å². The smallest absolute Gasteiger partial charge is 0.550 e. The number of hydrogen-bond acceptors (Lipinski definition) is 7. The van der Waals surface area contributed by atoms with Crippen LogP contribution in [0.4, 0.5) is 4.39 Å². The predicted molar refractivity (Wildman–Crippen MR) is 114 cm³/mol. The molecule has 168 valence electrons. The molecule has 0 unspecified atom stereocenters. The van der Waals surface area contributed by atoms with E-state index in [9.17, 15) is 14.3 Å².